The third-order valence-electron chi connectivity index (χ3n) is 2.02. The van der Waals surface area contributed by atoms with Crippen LogP contribution in [0.5, 0.6) is 0 Å². The summed E-state index contributed by atoms with van der Waals surface area (Å²) in [6.07, 6.45) is 1.02. The summed E-state index contributed by atoms with van der Waals surface area (Å²) in [5.41, 5.74) is 7.17. The summed E-state index contributed by atoms with van der Waals surface area (Å²) in [7, 11) is 0. The molecule has 3 heteroatoms. The molecular formula is C11H17Cl2N. The molecule has 1 atom stereocenters. The van der Waals surface area contributed by atoms with Gasteiger partial charge in [-0.05, 0) is 30.0 Å². The van der Waals surface area contributed by atoms with Crippen molar-refractivity contribution < 1.29 is 0 Å². The highest BCUT2D eigenvalue weighted by Crippen LogP contribution is 2.20. The summed E-state index contributed by atoms with van der Waals surface area (Å²) >= 11 is 5.78. The van der Waals surface area contributed by atoms with Gasteiger partial charge in [-0.1, -0.05) is 37.6 Å². The Balaban J connectivity index is 0.00000169. The van der Waals surface area contributed by atoms with Gasteiger partial charge in [0.1, 0.15) is 0 Å². The quantitative estimate of drug-likeness (QED) is 0.845. The third-order valence-corrected chi connectivity index (χ3v) is 2.28. The number of benzene rings is 1. The van der Waals surface area contributed by atoms with E-state index in [0.29, 0.717) is 5.92 Å². The minimum atomic E-state index is 0. The van der Waals surface area contributed by atoms with Gasteiger partial charge < -0.3 is 5.73 Å². The molecule has 1 aromatic rings. The molecule has 0 aliphatic rings. The van der Waals surface area contributed by atoms with Crippen LogP contribution in [0.25, 0.3) is 0 Å². The second kappa shape index (κ2) is 6.28. The molecule has 0 bridgehead atoms. The lowest BCUT2D eigenvalue weighted by Crippen LogP contribution is -2.12. The molecule has 0 aliphatic carbocycles. The number of halogens is 2. The predicted octanol–water partition coefficient (Wildman–Crippen LogP) is 3.81. The lowest BCUT2D eigenvalue weighted by molar-refractivity contribution is 0.510. The Morgan fingerprint density at radius 2 is 1.71 bits per heavy atom. The van der Waals surface area contributed by atoms with Crippen molar-refractivity contribution in [2.45, 2.75) is 26.3 Å². The monoisotopic (exact) mass is 233 g/mol. The van der Waals surface area contributed by atoms with Gasteiger partial charge in [0.2, 0.25) is 0 Å². The maximum atomic E-state index is 6.00. The van der Waals surface area contributed by atoms with Crippen molar-refractivity contribution in [1.29, 1.82) is 0 Å². The van der Waals surface area contributed by atoms with Crippen molar-refractivity contribution >= 4 is 24.0 Å². The molecule has 0 heterocycles. The molecule has 1 aromatic carbocycles. The van der Waals surface area contributed by atoms with E-state index in [1.165, 1.54) is 0 Å². The fourth-order valence-corrected chi connectivity index (χ4v) is 1.48. The standard InChI is InChI=1S/C11H16ClN.ClH/c1-8(2)7-11(13)9-3-5-10(12)6-4-9;/h3-6,8,11H,7,13H2,1-2H3;1H. The SMILES string of the molecule is CC(C)CC(N)c1ccc(Cl)cc1.Cl. The van der Waals surface area contributed by atoms with Crippen LogP contribution in [0.15, 0.2) is 24.3 Å². The first kappa shape index (κ1) is 13.8. The van der Waals surface area contributed by atoms with Gasteiger partial charge in [0.05, 0.1) is 0 Å². The Labute approximate surface area is 97.1 Å². The molecule has 80 valence electrons. The Morgan fingerprint density at radius 1 is 1.21 bits per heavy atom. The fraction of sp³-hybridized carbons (Fsp3) is 0.455. The topological polar surface area (TPSA) is 26.0 Å². The van der Waals surface area contributed by atoms with Crippen molar-refractivity contribution in [3.63, 3.8) is 0 Å². The van der Waals surface area contributed by atoms with Gasteiger partial charge >= 0.3 is 0 Å². The van der Waals surface area contributed by atoms with E-state index in [4.69, 9.17) is 17.3 Å². The van der Waals surface area contributed by atoms with Crippen LogP contribution in [0, 0.1) is 5.92 Å². The van der Waals surface area contributed by atoms with E-state index >= 15 is 0 Å². The summed E-state index contributed by atoms with van der Waals surface area (Å²) in [6.45, 7) is 4.35. The Morgan fingerprint density at radius 3 is 2.14 bits per heavy atom. The third kappa shape index (κ3) is 4.32. The second-order valence-corrected chi connectivity index (χ2v) is 4.22. The second-order valence-electron chi connectivity index (χ2n) is 3.79. The average molecular weight is 234 g/mol. The van der Waals surface area contributed by atoms with Crippen molar-refractivity contribution in [3.8, 4) is 0 Å². The molecule has 0 saturated heterocycles. The lowest BCUT2D eigenvalue weighted by atomic mass is 9.98. The Hall–Kier alpha value is -0.240. The van der Waals surface area contributed by atoms with E-state index in [2.05, 4.69) is 13.8 Å². The first-order valence-corrected chi connectivity index (χ1v) is 4.98. The van der Waals surface area contributed by atoms with Crippen molar-refractivity contribution in [3.05, 3.63) is 34.9 Å². The van der Waals surface area contributed by atoms with Crippen LogP contribution in [-0.4, -0.2) is 0 Å². The van der Waals surface area contributed by atoms with Gasteiger partial charge in [0, 0.05) is 11.1 Å². The van der Waals surface area contributed by atoms with Gasteiger partial charge in [-0.3, -0.25) is 0 Å². The minimum Gasteiger partial charge on any atom is -0.324 e. The van der Waals surface area contributed by atoms with E-state index in [1.54, 1.807) is 0 Å². The molecular weight excluding hydrogens is 217 g/mol. The molecule has 2 N–H and O–H groups in total. The zero-order valence-corrected chi connectivity index (χ0v) is 10.1. The van der Waals surface area contributed by atoms with Gasteiger partial charge in [-0.2, -0.15) is 0 Å². The molecule has 1 rings (SSSR count). The van der Waals surface area contributed by atoms with Crippen molar-refractivity contribution in [2.24, 2.45) is 11.7 Å². The molecule has 0 spiro atoms. The van der Waals surface area contributed by atoms with Crippen LogP contribution >= 0.6 is 24.0 Å². The lowest BCUT2D eigenvalue weighted by Gasteiger charge is -2.14. The molecule has 0 saturated carbocycles. The van der Waals surface area contributed by atoms with E-state index < -0.39 is 0 Å². The smallest absolute Gasteiger partial charge is 0.0406 e. The first-order valence-electron chi connectivity index (χ1n) is 4.60. The van der Waals surface area contributed by atoms with E-state index in [9.17, 15) is 0 Å². The molecule has 0 aliphatic heterocycles. The van der Waals surface area contributed by atoms with Gasteiger partial charge in [0.15, 0.2) is 0 Å². The molecule has 0 amide bonds. The van der Waals surface area contributed by atoms with Crippen LogP contribution in [0.2, 0.25) is 5.02 Å². The summed E-state index contributed by atoms with van der Waals surface area (Å²) in [5.74, 6) is 0.630. The normalized spacial score (nSPS) is 12.4. The van der Waals surface area contributed by atoms with Gasteiger partial charge in [-0.25, -0.2) is 0 Å². The van der Waals surface area contributed by atoms with Crippen LogP contribution in [0.3, 0.4) is 0 Å². The van der Waals surface area contributed by atoms with Crippen molar-refractivity contribution in [2.75, 3.05) is 0 Å². The van der Waals surface area contributed by atoms with Crippen LogP contribution in [-0.2, 0) is 0 Å². The highest BCUT2D eigenvalue weighted by atomic mass is 35.5. The maximum absolute atomic E-state index is 6.00. The fourth-order valence-electron chi connectivity index (χ4n) is 1.35. The highest BCUT2D eigenvalue weighted by molar-refractivity contribution is 6.30. The zero-order valence-electron chi connectivity index (χ0n) is 8.53. The molecule has 14 heavy (non-hydrogen) atoms. The van der Waals surface area contributed by atoms with Crippen LogP contribution < -0.4 is 5.73 Å². The minimum absolute atomic E-state index is 0. The number of nitrogens with two attached hydrogens (primary N) is 1. The van der Waals surface area contributed by atoms with Gasteiger partial charge in [0.25, 0.3) is 0 Å². The van der Waals surface area contributed by atoms with Crippen LogP contribution in [0.4, 0.5) is 0 Å². The zero-order chi connectivity index (χ0) is 9.84. The average Bonchev–Trinajstić information content (AvgIpc) is 2.04. The molecule has 0 radical (unpaired) electrons. The van der Waals surface area contributed by atoms with Crippen molar-refractivity contribution in [1.82, 2.24) is 0 Å². The largest absolute Gasteiger partial charge is 0.324 e. The number of rotatable bonds is 3. The highest BCUT2D eigenvalue weighted by Gasteiger charge is 2.07. The summed E-state index contributed by atoms with van der Waals surface area (Å²) in [5, 5.41) is 0.764. The maximum Gasteiger partial charge on any atom is 0.0406 e. The van der Waals surface area contributed by atoms with E-state index in [-0.39, 0.29) is 18.4 Å². The Bertz CT molecular complexity index is 256. The van der Waals surface area contributed by atoms with Crippen LogP contribution in [0.1, 0.15) is 31.9 Å². The first-order chi connectivity index (χ1) is 6.09. The summed E-state index contributed by atoms with van der Waals surface area (Å²) in [6, 6.07) is 7.90. The van der Waals surface area contributed by atoms with E-state index in [0.717, 1.165) is 17.0 Å². The predicted molar refractivity (Wildman–Crippen MR) is 65.1 cm³/mol. The number of hydrogen-bond acceptors (Lipinski definition) is 1. The summed E-state index contributed by atoms with van der Waals surface area (Å²) < 4.78 is 0. The molecule has 1 unspecified atom stereocenters. The number of hydrogen-bond donors (Lipinski definition) is 1. The molecule has 1 nitrogen and oxygen atoms in total. The molecule has 0 fully saturated rings. The van der Waals surface area contributed by atoms with E-state index in [1.807, 2.05) is 24.3 Å². The molecule has 0 aromatic heterocycles. The Kier molecular flexibility index (Phi) is 6.17. The summed E-state index contributed by atoms with van der Waals surface area (Å²) in [4.78, 5) is 0. The van der Waals surface area contributed by atoms with Gasteiger partial charge in [-0.15, -0.1) is 12.4 Å².